The highest BCUT2D eigenvalue weighted by Gasteiger charge is 2.06. The van der Waals surface area contributed by atoms with Crippen molar-refractivity contribution < 1.29 is 0 Å². The highest BCUT2D eigenvalue weighted by atomic mass is 79.9. The molecule has 5 heteroatoms. The van der Waals surface area contributed by atoms with Gasteiger partial charge < -0.3 is 5.73 Å². The zero-order chi connectivity index (χ0) is 14.7. The van der Waals surface area contributed by atoms with Crippen LogP contribution in [0.2, 0.25) is 0 Å². The van der Waals surface area contributed by atoms with Gasteiger partial charge in [0.2, 0.25) is 5.95 Å². The van der Waals surface area contributed by atoms with E-state index < -0.39 is 0 Å². The van der Waals surface area contributed by atoms with Gasteiger partial charge >= 0.3 is 0 Å². The maximum atomic E-state index is 5.90. The summed E-state index contributed by atoms with van der Waals surface area (Å²) >= 11 is 3.41. The number of nitrogens with zero attached hydrogens (tertiary/aromatic N) is 3. The summed E-state index contributed by atoms with van der Waals surface area (Å²) in [5, 5.41) is 4.33. The van der Waals surface area contributed by atoms with Crippen LogP contribution in [0, 0.1) is 0 Å². The largest absolute Gasteiger partial charge is 0.368 e. The molecule has 0 aliphatic rings. The Hall–Kier alpha value is -2.40. The Morgan fingerprint density at radius 3 is 2.48 bits per heavy atom. The summed E-state index contributed by atoms with van der Waals surface area (Å²) in [7, 11) is 0. The molecule has 0 fully saturated rings. The highest BCUT2D eigenvalue weighted by molar-refractivity contribution is 9.10. The van der Waals surface area contributed by atoms with Gasteiger partial charge in [-0.3, -0.25) is 0 Å². The number of aromatic nitrogens is 2. The number of halogens is 1. The van der Waals surface area contributed by atoms with E-state index in [1.165, 1.54) is 0 Å². The Morgan fingerprint density at radius 2 is 1.76 bits per heavy atom. The van der Waals surface area contributed by atoms with E-state index in [0.29, 0.717) is 5.95 Å². The van der Waals surface area contributed by atoms with E-state index >= 15 is 0 Å². The molecule has 4 nitrogen and oxygen atoms in total. The summed E-state index contributed by atoms with van der Waals surface area (Å²) in [5.74, 6) is 0.361. The van der Waals surface area contributed by atoms with Crippen LogP contribution < -0.4 is 5.73 Å². The van der Waals surface area contributed by atoms with Crippen molar-refractivity contribution in [2.45, 2.75) is 0 Å². The van der Waals surface area contributed by atoms with E-state index in [2.05, 4.69) is 26.0 Å². The molecule has 0 amide bonds. The molecule has 2 N–H and O–H groups in total. The molecule has 0 saturated heterocycles. The predicted molar refractivity (Wildman–Crippen MR) is 89.2 cm³/mol. The summed E-state index contributed by atoms with van der Waals surface area (Å²) in [4.78, 5) is 4.33. The molecule has 0 saturated carbocycles. The second-order valence-corrected chi connectivity index (χ2v) is 5.41. The third kappa shape index (κ3) is 3.20. The molecular weight excluding hydrogens is 328 g/mol. The third-order valence-corrected chi connectivity index (χ3v) is 3.51. The van der Waals surface area contributed by atoms with Gasteiger partial charge in [-0.2, -0.15) is 5.10 Å². The van der Waals surface area contributed by atoms with Crippen molar-refractivity contribution in [1.29, 1.82) is 0 Å². The SMILES string of the molecule is Nc1nc(-c2ccc(Br)cc2)cn1/N=C/c1ccccc1. The number of hydrogen-bond acceptors (Lipinski definition) is 3. The Kier molecular flexibility index (Phi) is 3.83. The zero-order valence-corrected chi connectivity index (χ0v) is 12.7. The maximum absolute atomic E-state index is 5.90. The maximum Gasteiger partial charge on any atom is 0.221 e. The number of hydrogen-bond donors (Lipinski definition) is 1. The number of anilines is 1. The minimum Gasteiger partial charge on any atom is -0.368 e. The summed E-state index contributed by atoms with van der Waals surface area (Å²) in [6.07, 6.45) is 3.57. The molecule has 1 aromatic heterocycles. The van der Waals surface area contributed by atoms with Crippen LogP contribution in [0.4, 0.5) is 5.95 Å². The second-order valence-electron chi connectivity index (χ2n) is 4.49. The van der Waals surface area contributed by atoms with Crippen LogP contribution in [0.15, 0.2) is 70.4 Å². The number of nitrogen functional groups attached to an aromatic ring is 1. The van der Waals surface area contributed by atoms with Crippen molar-refractivity contribution in [3.05, 3.63) is 70.8 Å². The van der Waals surface area contributed by atoms with Crippen molar-refractivity contribution >= 4 is 28.1 Å². The van der Waals surface area contributed by atoms with Crippen molar-refractivity contribution in [1.82, 2.24) is 9.66 Å². The first kappa shape index (κ1) is 13.6. The Bertz CT molecular complexity index is 761. The van der Waals surface area contributed by atoms with Crippen LogP contribution in [0.5, 0.6) is 0 Å². The van der Waals surface area contributed by atoms with Crippen LogP contribution in [0.1, 0.15) is 5.56 Å². The quantitative estimate of drug-likeness (QED) is 0.737. The Morgan fingerprint density at radius 1 is 1.05 bits per heavy atom. The van der Waals surface area contributed by atoms with Gasteiger partial charge in [0.05, 0.1) is 18.1 Å². The molecule has 0 atom stereocenters. The summed E-state index contributed by atoms with van der Waals surface area (Å²) < 4.78 is 2.60. The normalized spacial score (nSPS) is 11.1. The third-order valence-electron chi connectivity index (χ3n) is 2.99. The smallest absolute Gasteiger partial charge is 0.221 e. The molecule has 0 aliphatic heterocycles. The lowest BCUT2D eigenvalue weighted by atomic mass is 10.2. The van der Waals surface area contributed by atoms with E-state index in [9.17, 15) is 0 Å². The van der Waals surface area contributed by atoms with E-state index in [1.807, 2.05) is 60.8 Å². The molecule has 0 radical (unpaired) electrons. The van der Waals surface area contributed by atoms with Gasteiger partial charge in [0.25, 0.3) is 0 Å². The van der Waals surface area contributed by atoms with Crippen molar-refractivity contribution in [2.75, 3.05) is 5.73 Å². The molecule has 0 aliphatic carbocycles. The fraction of sp³-hybridized carbons (Fsp3) is 0. The fourth-order valence-corrected chi connectivity index (χ4v) is 2.17. The van der Waals surface area contributed by atoms with Gasteiger partial charge in [-0.05, 0) is 17.7 Å². The monoisotopic (exact) mass is 340 g/mol. The van der Waals surface area contributed by atoms with Crippen LogP contribution in [0.25, 0.3) is 11.3 Å². The zero-order valence-electron chi connectivity index (χ0n) is 11.1. The molecule has 1 heterocycles. The molecule has 0 unspecified atom stereocenters. The molecule has 0 spiro atoms. The number of nitrogens with two attached hydrogens (primary N) is 1. The van der Waals surface area contributed by atoms with Crippen molar-refractivity contribution in [2.24, 2.45) is 5.10 Å². The molecular formula is C16H13BrN4. The Labute approximate surface area is 131 Å². The second kappa shape index (κ2) is 5.93. The van der Waals surface area contributed by atoms with E-state index in [1.54, 1.807) is 10.9 Å². The first-order valence-corrected chi connectivity index (χ1v) is 7.22. The molecule has 3 rings (SSSR count). The number of imidazole rings is 1. The van der Waals surface area contributed by atoms with Gasteiger partial charge in [-0.15, -0.1) is 0 Å². The molecule has 2 aromatic carbocycles. The van der Waals surface area contributed by atoms with Crippen molar-refractivity contribution in [3.8, 4) is 11.3 Å². The van der Waals surface area contributed by atoms with Crippen LogP contribution in [0.3, 0.4) is 0 Å². The molecule has 104 valence electrons. The first-order chi connectivity index (χ1) is 10.2. The van der Waals surface area contributed by atoms with E-state index in [-0.39, 0.29) is 0 Å². The fourth-order valence-electron chi connectivity index (χ4n) is 1.91. The standard InChI is InChI=1S/C16H13BrN4/c17-14-8-6-13(7-9-14)15-11-21(16(18)20-15)19-10-12-4-2-1-3-5-12/h1-11H,(H2,18,20)/b19-10+. The minimum absolute atomic E-state index is 0.361. The van der Waals surface area contributed by atoms with Gasteiger partial charge in [-0.1, -0.05) is 58.4 Å². The van der Waals surface area contributed by atoms with Crippen LogP contribution >= 0.6 is 15.9 Å². The molecule has 21 heavy (non-hydrogen) atoms. The van der Waals surface area contributed by atoms with Gasteiger partial charge in [0.1, 0.15) is 0 Å². The van der Waals surface area contributed by atoms with Crippen LogP contribution in [-0.2, 0) is 0 Å². The van der Waals surface area contributed by atoms with E-state index in [4.69, 9.17) is 5.73 Å². The van der Waals surface area contributed by atoms with Gasteiger partial charge in [0.15, 0.2) is 0 Å². The summed E-state index contributed by atoms with van der Waals surface area (Å²) in [5.41, 5.74) is 8.71. The lowest BCUT2D eigenvalue weighted by Gasteiger charge is -1.96. The molecule has 0 bridgehead atoms. The van der Waals surface area contributed by atoms with Gasteiger partial charge in [-0.25, -0.2) is 9.66 Å². The highest BCUT2D eigenvalue weighted by Crippen LogP contribution is 2.21. The first-order valence-electron chi connectivity index (χ1n) is 6.42. The number of rotatable bonds is 3. The lowest BCUT2D eigenvalue weighted by molar-refractivity contribution is 0.898. The van der Waals surface area contributed by atoms with Crippen molar-refractivity contribution in [3.63, 3.8) is 0 Å². The predicted octanol–water partition coefficient (Wildman–Crippen LogP) is 3.78. The molecule has 3 aromatic rings. The Balaban J connectivity index is 1.88. The summed E-state index contributed by atoms with van der Waals surface area (Å²) in [6, 6.07) is 17.8. The number of benzene rings is 2. The average Bonchev–Trinajstić information content (AvgIpc) is 2.88. The summed E-state index contributed by atoms with van der Waals surface area (Å²) in [6.45, 7) is 0. The lowest BCUT2D eigenvalue weighted by Crippen LogP contribution is -1.96. The van der Waals surface area contributed by atoms with Crippen LogP contribution in [-0.4, -0.2) is 15.9 Å². The minimum atomic E-state index is 0.361. The van der Waals surface area contributed by atoms with E-state index in [0.717, 1.165) is 21.3 Å². The average molecular weight is 341 g/mol. The topological polar surface area (TPSA) is 56.2 Å². The van der Waals surface area contributed by atoms with Gasteiger partial charge in [0, 0.05) is 10.0 Å².